The van der Waals surface area contributed by atoms with E-state index in [-0.39, 0.29) is 12.5 Å². The quantitative estimate of drug-likeness (QED) is 0.208. The number of hydrazone groups is 1. The topological polar surface area (TPSA) is 71.8 Å². The third-order valence-corrected chi connectivity index (χ3v) is 5.29. The van der Waals surface area contributed by atoms with Crippen molar-refractivity contribution < 1.29 is 9.53 Å². The van der Waals surface area contributed by atoms with Crippen molar-refractivity contribution in [2.45, 2.75) is 19.9 Å². The minimum atomic E-state index is -0.240. The fourth-order valence-corrected chi connectivity index (χ4v) is 3.67. The van der Waals surface area contributed by atoms with Gasteiger partial charge in [-0.2, -0.15) is 5.10 Å². The molecule has 3 rings (SSSR count). The molecule has 9 heteroatoms. The smallest absolute Gasteiger partial charge is 0.260 e. The van der Waals surface area contributed by atoms with Crippen LogP contribution in [-0.2, 0) is 11.3 Å². The number of benzene rings is 2. The van der Waals surface area contributed by atoms with Crippen molar-refractivity contribution in [2.24, 2.45) is 5.10 Å². The number of halogens is 2. The number of anilines is 1. The van der Waals surface area contributed by atoms with Crippen LogP contribution in [-0.4, -0.2) is 53.1 Å². The first-order valence-electron chi connectivity index (χ1n) is 11.2. The van der Waals surface area contributed by atoms with Crippen LogP contribution in [0.2, 0.25) is 0 Å². The fourth-order valence-electron chi connectivity index (χ4n) is 3.26. The minimum Gasteiger partial charge on any atom is -0.494 e. The van der Waals surface area contributed by atoms with Gasteiger partial charge >= 0.3 is 0 Å². The number of carbonyl (C=O) groups excluding carboxylic acids is 1. The molecule has 0 saturated heterocycles. The summed E-state index contributed by atoms with van der Waals surface area (Å²) in [5.74, 6) is 1.66. The zero-order valence-electron chi connectivity index (χ0n) is 19.2. The average molecular weight is 502 g/mol. The monoisotopic (exact) mass is 501 g/mol. The Bertz CT molecular complexity index is 1050. The van der Waals surface area contributed by atoms with E-state index in [1.165, 1.54) is 0 Å². The molecule has 0 fully saturated rings. The Morgan fingerprint density at radius 3 is 2.47 bits per heavy atom. The number of rotatable bonds is 13. The van der Waals surface area contributed by atoms with Crippen LogP contribution >= 0.6 is 23.2 Å². The number of aromatic nitrogens is 2. The Morgan fingerprint density at radius 2 is 1.82 bits per heavy atom. The second-order valence-electron chi connectivity index (χ2n) is 7.55. The van der Waals surface area contributed by atoms with Gasteiger partial charge < -0.3 is 14.2 Å². The van der Waals surface area contributed by atoms with Gasteiger partial charge in [0.15, 0.2) is 0 Å². The van der Waals surface area contributed by atoms with Crippen molar-refractivity contribution in [2.75, 3.05) is 36.4 Å². The van der Waals surface area contributed by atoms with Crippen LogP contribution in [0.25, 0.3) is 11.3 Å². The van der Waals surface area contributed by atoms with Crippen molar-refractivity contribution in [3.8, 4) is 17.0 Å². The number of hydrogen-bond acceptors (Lipinski definition) is 5. The summed E-state index contributed by atoms with van der Waals surface area (Å²) in [5, 5.41) is 4.06. The normalized spacial score (nSPS) is 11.0. The van der Waals surface area contributed by atoms with Gasteiger partial charge in [-0.15, -0.1) is 23.2 Å². The van der Waals surface area contributed by atoms with E-state index in [1.54, 1.807) is 17.1 Å². The summed E-state index contributed by atoms with van der Waals surface area (Å²) in [6.07, 6.45) is 6.04. The molecular weight excluding hydrogens is 473 g/mol. The van der Waals surface area contributed by atoms with Gasteiger partial charge in [0, 0.05) is 42.3 Å². The van der Waals surface area contributed by atoms with E-state index in [1.807, 2.05) is 54.7 Å². The number of alkyl halides is 2. The standard InChI is InChI=1S/C25H29Cl2N5O2/c1-2-15-34-23-9-5-21(6-10-23)24-17-31(19-28-24)18-25(33)30-29-16-20-3-7-22(8-4-20)32(13-11-26)14-12-27/h3-10,16-17,19H,2,11-15,18H2,1H3,(H,30,33)/b29-16-. The molecule has 0 aliphatic heterocycles. The van der Waals surface area contributed by atoms with E-state index in [2.05, 4.69) is 27.3 Å². The number of hydrogen-bond donors (Lipinski definition) is 1. The van der Waals surface area contributed by atoms with Crippen LogP contribution in [0.3, 0.4) is 0 Å². The molecular formula is C25H29Cl2N5O2. The van der Waals surface area contributed by atoms with Gasteiger partial charge in [-0.25, -0.2) is 10.4 Å². The molecule has 0 aliphatic rings. The van der Waals surface area contributed by atoms with Crippen LogP contribution in [0.5, 0.6) is 5.75 Å². The Labute approximate surface area is 210 Å². The molecule has 0 saturated carbocycles. The van der Waals surface area contributed by atoms with Crippen LogP contribution in [0.4, 0.5) is 5.69 Å². The first-order chi connectivity index (χ1) is 16.6. The van der Waals surface area contributed by atoms with E-state index >= 15 is 0 Å². The highest BCUT2D eigenvalue weighted by Gasteiger charge is 2.07. The van der Waals surface area contributed by atoms with Crippen molar-refractivity contribution in [1.82, 2.24) is 15.0 Å². The van der Waals surface area contributed by atoms with Gasteiger partial charge in [0.25, 0.3) is 5.91 Å². The average Bonchev–Trinajstić information content (AvgIpc) is 3.32. The zero-order chi connectivity index (χ0) is 24.2. The summed E-state index contributed by atoms with van der Waals surface area (Å²) >= 11 is 11.7. The van der Waals surface area contributed by atoms with Gasteiger partial charge in [0.2, 0.25) is 0 Å². The third-order valence-electron chi connectivity index (χ3n) is 4.95. The molecule has 0 unspecified atom stereocenters. The summed E-state index contributed by atoms with van der Waals surface area (Å²) < 4.78 is 7.33. The van der Waals surface area contributed by atoms with Gasteiger partial charge in [-0.05, 0) is 48.4 Å². The summed E-state index contributed by atoms with van der Waals surface area (Å²) in [6.45, 7) is 4.34. The van der Waals surface area contributed by atoms with Crippen LogP contribution < -0.4 is 15.1 Å². The number of nitrogens with one attached hydrogen (secondary N) is 1. The van der Waals surface area contributed by atoms with Crippen molar-refractivity contribution in [3.63, 3.8) is 0 Å². The van der Waals surface area contributed by atoms with Crippen LogP contribution in [0.15, 0.2) is 66.2 Å². The maximum absolute atomic E-state index is 12.3. The van der Waals surface area contributed by atoms with Crippen LogP contribution in [0, 0.1) is 0 Å². The molecule has 1 aromatic heterocycles. The molecule has 1 amide bonds. The SMILES string of the molecule is CCCOc1ccc(-c2cn(CC(=O)N/N=C\c3ccc(N(CCCl)CCCl)cc3)cn2)cc1. The Balaban J connectivity index is 1.50. The maximum atomic E-state index is 12.3. The first-order valence-corrected chi connectivity index (χ1v) is 12.2. The molecule has 0 aliphatic carbocycles. The highest BCUT2D eigenvalue weighted by atomic mass is 35.5. The Morgan fingerprint density at radius 1 is 1.12 bits per heavy atom. The van der Waals surface area contributed by atoms with E-state index in [9.17, 15) is 4.79 Å². The molecule has 0 atom stereocenters. The summed E-state index contributed by atoms with van der Waals surface area (Å²) in [4.78, 5) is 18.8. The first kappa shape index (κ1) is 25.6. The molecule has 1 heterocycles. The number of ether oxygens (including phenoxy) is 1. The predicted molar refractivity (Wildman–Crippen MR) is 139 cm³/mol. The number of carbonyl (C=O) groups is 1. The lowest BCUT2D eigenvalue weighted by molar-refractivity contribution is -0.121. The number of nitrogens with zero attached hydrogens (tertiary/aromatic N) is 4. The number of amides is 1. The molecule has 0 bridgehead atoms. The zero-order valence-corrected chi connectivity index (χ0v) is 20.7. The molecule has 34 heavy (non-hydrogen) atoms. The molecule has 0 radical (unpaired) electrons. The van der Waals surface area contributed by atoms with Gasteiger partial charge in [0.05, 0.1) is 24.8 Å². The Hall–Kier alpha value is -3.03. The van der Waals surface area contributed by atoms with E-state index in [0.29, 0.717) is 18.4 Å². The minimum absolute atomic E-state index is 0.118. The van der Waals surface area contributed by atoms with Gasteiger partial charge in [0.1, 0.15) is 12.3 Å². The molecule has 1 N–H and O–H groups in total. The lowest BCUT2D eigenvalue weighted by Crippen LogP contribution is -2.27. The largest absolute Gasteiger partial charge is 0.494 e. The molecule has 7 nitrogen and oxygen atoms in total. The maximum Gasteiger partial charge on any atom is 0.260 e. The second kappa shape index (κ2) is 13.6. The Kier molecular flexibility index (Phi) is 10.3. The lowest BCUT2D eigenvalue weighted by Gasteiger charge is -2.22. The summed E-state index contributed by atoms with van der Waals surface area (Å²) in [7, 11) is 0. The molecule has 180 valence electrons. The highest BCUT2D eigenvalue weighted by molar-refractivity contribution is 6.18. The fraction of sp³-hybridized carbons (Fsp3) is 0.320. The van der Waals surface area contributed by atoms with Crippen molar-refractivity contribution in [1.29, 1.82) is 0 Å². The van der Waals surface area contributed by atoms with Crippen molar-refractivity contribution >= 4 is 41.0 Å². The van der Waals surface area contributed by atoms with E-state index in [4.69, 9.17) is 27.9 Å². The van der Waals surface area contributed by atoms with Crippen molar-refractivity contribution in [3.05, 3.63) is 66.6 Å². The van der Waals surface area contributed by atoms with Crippen LogP contribution in [0.1, 0.15) is 18.9 Å². The molecule has 0 spiro atoms. The summed E-state index contributed by atoms with van der Waals surface area (Å²) in [6, 6.07) is 15.6. The van der Waals surface area contributed by atoms with Gasteiger partial charge in [-0.3, -0.25) is 4.79 Å². The van der Waals surface area contributed by atoms with Gasteiger partial charge in [-0.1, -0.05) is 19.1 Å². The number of imidazole rings is 1. The highest BCUT2D eigenvalue weighted by Crippen LogP contribution is 2.21. The lowest BCUT2D eigenvalue weighted by atomic mass is 10.1. The predicted octanol–water partition coefficient (Wildman–Crippen LogP) is 4.77. The third kappa shape index (κ3) is 7.78. The van der Waals surface area contributed by atoms with E-state index in [0.717, 1.165) is 47.8 Å². The molecule has 2 aromatic carbocycles. The molecule has 3 aromatic rings. The second-order valence-corrected chi connectivity index (χ2v) is 8.31. The van der Waals surface area contributed by atoms with E-state index < -0.39 is 0 Å². The summed E-state index contributed by atoms with van der Waals surface area (Å²) in [5.41, 5.74) is 6.22.